The fourth-order valence-electron chi connectivity index (χ4n) is 1.69. The average Bonchev–Trinajstić information content (AvgIpc) is 2.50. The Labute approximate surface area is 92.6 Å². The Morgan fingerprint density at radius 3 is 3.00 bits per heavy atom. The summed E-state index contributed by atoms with van der Waals surface area (Å²) in [6, 6.07) is 2.19. The summed E-state index contributed by atoms with van der Waals surface area (Å²) in [5.41, 5.74) is 3.49. The summed E-state index contributed by atoms with van der Waals surface area (Å²) < 4.78 is 2.10. The summed E-state index contributed by atoms with van der Waals surface area (Å²) in [6.45, 7) is 0.520. The van der Waals surface area contributed by atoms with Crippen LogP contribution in [0.3, 0.4) is 0 Å². The maximum Gasteiger partial charge on any atom is 0.235 e. The first-order chi connectivity index (χ1) is 5.92. The van der Waals surface area contributed by atoms with Gasteiger partial charge in [0.15, 0.2) is 5.69 Å². The third kappa shape index (κ3) is 2.09. The molecule has 0 N–H and O–H groups in total. The van der Waals surface area contributed by atoms with Crippen LogP contribution < -0.4 is 21.5 Å². The number of aromatic nitrogens is 1. The number of rotatable bonds is 1. The van der Waals surface area contributed by atoms with Gasteiger partial charge in [-0.15, -0.1) is 0 Å². The van der Waals surface area contributed by atoms with Gasteiger partial charge in [-0.2, -0.15) is 9.83 Å². The van der Waals surface area contributed by atoms with Gasteiger partial charge < -0.3 is 17.0 Å². The van der Waals surface area contributed by atoms with E-state index in [0.29, 0.717) is 6.54 Å². The van der Waals surface area contributed by atoms with E-state index < -0.39 is 0 Å². The van der Waals surface area contributed by atoms with Crippen molar-refractivity contribution in [3.63, 3.8) is 0 Å². The van der Waals surface area contributed by atoms with E-state index in [0.717, 1.165) is 0 Å². The molecule has 0 atom stereocenters. The number of nitrogens with zero attached hydrogens (tertiary/aromatic N) is 2. The first-order valence-corrected chi connectivity index (χ1v) is 5.15. The standard InChI is InChI=1S/C9H11N2S.BrH/c10-5-6-11-7-12-9-4-2-1-3-8(9)11;/h7H,1-4,6H2;1H/q+1;/p-1. The van der Waals surface area contributed by atoms with Crippen molar-refractivity contribution in [1.29, 1.82) is 5.26 Å². The molecule has 0 aromatic carbocycles. The molecule has 0 bridgehead atoms. The van der Waals surface area contributed by atoms with Gasteiger partial charge in [0.05, 0.1) is 4.88 Å². The van der Waals surface area contributed by atoms with E-state index in [1.807, 2.05) is 0 Å². The summed E-state index contributed by atoms with van der Waals surface area (Å²) in [5.74, 6) is 0. The van der Waals surface area contributed by atoms with Crippen LogP contribution in [0.1, 0.15) is 23.4 Å². The van der Waals surface area contributed by atoms with E-state index in [4.69, 9.17) is 5.26 Å². The normalized spacial score (nSPS) is 14.1. The van der Waals surface area contributed by atoms with Crippen molar-refractivity contribution in [3.8, 4) is 6.07 Å². The summed E-state index contributed by atoms with van der Waals surface area (Å²) in [6.07, 6.45) is 4.99. The second-order valence-electron chi connectivity index (χ2n) is 3.09. The summed E-state index contributed by atoms with van der Waals surface area (Å²) in [7, 11) is 0. The predicted molar refractivity (Wildman–Crippen MR) is 46.8 cm³/mol. The van der Waals surface area contributed by atoms with Crippen molar-refractivity contribution >= 4 is 11.3 Å². The van der Waals surface area contributed by atoms with Crippen LogP contribution in [-0.4, -0.2) is 0 Å². The Kier molecular flexibility index (Phi) is 3.89. The van der Waals surface area contributed by atoms with Gasteiger partial charge in [0.25, 0.3) is 0 Å². The molecule has 0 unspecified atom stereocenters. The smallest absolute Gasteiger partial charge is 0.235 e. The summed E-state index contributed by atoms with van der Waals surface area (Å²) in [4.78, 5) is 1.50. The van der Waals surface area contributed by atoms with Crippen molar-refractivity contribution in [1.82, 2.24) is 0 Å². The Morgan fingerprint density at radius 2 is 2.23 bits per heavy atom. The molecule has 2 rings (SSSR count). The highest BCUT2D eigenvalue weighted by atomic mass is 79.9. The zero-order valence-electron chi connectivity index (χ0n) is 7.29. The zero-order chi connectivity index (χ0) is 8.39. The maximum absolute atomic E-state index is 8.57. The quantitative estimate of drug-likeness (QED) is 0.561. The molecule has 2 nitrogen and oxygen atoms in total. The van der Waals surface area contributed by atoms with Crippen LogP contribution in [-0.2, 0) is 19.4 Å². The van der Waals surface area contributed by atoms with E-state index in [2.05, 4.69) is 16.1 Å². The molecule has 70 valence electrons. The second kappa shape index (κ2) is 4.73. The monoisotopic (exact) mass is 258 g/mol. The number of thiazole rings is 1. The van der Waals surface area contributed by atoms with Crippen LogP contribution in [0.25, 0.3) is 0 Å². The van der Waals surface area contributed by atoms with Gasteiger partial charge in [0, 0.05) is 6.42 Å². The molecule has 0 saturated carbocycles. The highest BCUT2D eigenvalue weighted by Crippen LogP contribution is 2.21. The molecule has 1 heterocycles. The van der Waals surface area contributed by atoms with Crippen molar-refractivity contribution < 1.29 is 21.5 Å². The number of hydrogen-bond acceptors (Lipinski definition) is 2. The van der Waals surface area contributed by atoms with E-state index in [-0.39, 0.29) is 17.0 Å². The van der Waals surface area contributed by atoms with Gasteiger partial charge in [0.1, 0.15) is 6.07 Å². The van der Waals surface area contributed by atoms with Gasteiger partial charge in [0.2, 0.25) is 12.1 Å². The molecule has 0 aliphatic heterocycles. The second-order valence-corrected chi connectivity index (χ2v) is 4.03. The minimum atomic E-state index is 0. The van der Waals surface area contributed by atoms with Crippen LogP contribution in [0.5, 0.6) is 0 Å². The SMILES string of the molecule is N#CC[n+]1csc2c1CCCC2.[Br-]. The predicted octanol–water partition coefficient (Wildman–Crippen LogP) is -1.56. The molecule has 13 heavy (non-hydrogen) atoms. The minimum absolute atomic E-state index is 0. The molecule has 0 spiro atoms. The van der Waals surface area contributed by atoms with Gasteiger partial charge in [-0.05, 0) is 19.3 Å². The van der Waals surface area contributed by atoms with Crippen LogP contribution in [0.2, 0.25) is 0 Å². The zero-order valence-corrected chi connectivity index (χ0v) is 9.70. The van der Waals surface area contributed by atoms with E-state index >= 15 is 0 Å². The maximum atomic E-state index is 8.57. The van der Waals surface area contributed by atoms with Crippen molar-refractivity contribution in [3.05, 3.63) is 16.1 Å². The van der Waals surface area contributed by atoms with Gasteiger partial charge in [-0.25, -0.2) is 0 Å². The molecule has 1 aliphatic carbocycles. The Bertz CT molecular complexity index is 327. The fourth-order valence-corrected chi connectivity index (χ4v) is 2.77. The minimum Gasteiger partial charge on any atom is -1.00 e. The molecule has 1 aliphatic rings. The van der Waals surface area contributed by atoms with Crippen molar-refractivity contribution in [2.75, 3.05) is 0 Å². The molecule has 0 saturated heterocycles. The van der Waals surface area contributed by atoms with Crippen LogP contribution in [0.15, 0.2) is 5.51 Å². The molecular weight excluding hydrogens is 248 g/mol. The molecule has 0 amide bonds. The summed E-state index contributed by atoms with van der Waals surface area (Å²) >= 11 is 1.80. The van der Waals surface area contributed by atoms with Crippen molar-refractivity contribution in [2.24, 2.45) is 0 Å². The fraction of sp³-hybridized carbons (Fsp3) is 0.556. The van der Waals surface area contributed by atoms with E-state index in [9.17, 15) is 0 Å². The lowest BCUT2D eigenvalue weighted by molar-refractivity contribution is -0.688. The average molecular weight is 259 g/mol. The van der Waals surface area contributed by atoms with E-state index in [1.54, 1.807) is 11.3 Å². The topological polar surface area (TPSA) is 27.7 Å². The van der Waals surface area contributed by atoms with Gasteiger partial charge in [-0.1, -0.05) is 11.3 Å². The lowest BCUT2D eigenvalue weighted by atomic mass is 10.0. The highest BCUT2D eigenvalue weighted by molar-refractivity contribution is 7.09. The third-order valence-corrected chi connectivity index (χ3v) is 3.38. The first-order valence-electron chi connectivity index (χ1n) is 4.27. The lowest BCUT2D eigenvalue weighted by Gasteiger charge is -2.05. The molecule has 0 radical (unpaired) electrons. The summed E-state index contributed by atoms with van der Waals surface area (Å²) in [5, 5.41) is 8.57. The number of fused-ring (bicyclic) bond motifs is 1. The van der Waals surface area contributed by atoms with Crippen molar-refractivity contribution in [2.45, 2.75) is 32.2 Å². The first kappa shape index (κ1) is 10.7. The Morgan fingerprint density at radius 1 is 1.46 bits per heavy atom. The lowest BCUT2D eigenvalue weighted by Crippen LogP contribution is -3.00. The Balaban J connectivity index is 0.000000845. The molecule has 0 fully saturated rings. The van der Waals surface area contributed by atoms with E-state index in [1.165, 1.54) is 36.3 Å². The molecule has 1 aromatic heterocycles. The molecule has 1 aromatic rings. The number of aryl methyl sites for hydroxylation is 1. The molecular formula is C9H11BrN2S. The van der Waals surface area contributed by atoms with Crippen LogP contribution >= 0.6 is 11.3 Å². The number of nitriles is 1. The van der Waals surface area contributed by atoms with Gasteiger partial charge >= 0.3 is 0 Å². The van der Waals surface area contributed by atoms with Crippen LogP contribution in [0.4, 0.5) is 0 Å². The van der Waals surface area contributed by atoms with Gasteiger partial charge in [-0.3, -0.25) is 0 Å². The highest BCUT2D eigenvalue weighted by Gasteiger charge is 2.21. The largest absolute Gasteiger partial charge is 1.00 e. The van der Waals surface area contributed by atoms with Crippen LogP contribution in [0, 0.1) is 11.3 Å². The molecule has 4 heteroatoms. The Hall–Kier alpha value is -0.400. The number of hydrogen-bond donors (Lipinski definition) is 0. The third-order valence-electron chi connectivity index (χ3n) is 2.30. The number of halogens is 1.